The Hall–Kier alpha value is -3.94. The summed E-state index contributed by atoms with van der Waals surface area (Å²) < 4.78 is 5.77. The van der Waals surface area contributed by atoms with E-state index in [1.54, 1.807) is 6.07 Å². The van der Waals surface area contributed by atoms with Gasteiger partial charge in [0.15, 0.2) is 5.75 Å². The summed E-state index contributed by atoms with van der Waals surface area (Å²) in [5, 5.41) is 13.0. The molecule has 8 nitrogen and oxygen atoms in total. The number of rotatable bonds is 3. The minimum atomic E-state index is -1.45. The molecule has 2 aromatic heterocycles. The maximum Gasteiger partial charge on any atom is 0.511 e. The lowest BCUT2D eigenvalue weighted by atomic mass is 10.0. The van der Waals surface area contributed by atoms with Crippen LogP contribution < -0.4 is 10.3 Å². The first-order valence-corrected chi connectivity index (χ1v) is 7.65. The van der Waals surface area contributed by atoms with Gasteiger partial charge in [-0.2, -0.15) is 5.10 Å². The second-order valence-electron chi connectivity index (χ2n) is 5.48. The lowest BCUT2D eigenvalue weighted by Gasteiger charge is -2.05. The normalized spacial score (nSPS) is 10.8. The maximum absolute atomic E-state index is 12.3. The van der Waals surface area contributed by atoms with E-state index in [0.29, 0.717) is 10.9 Å². The Morgan fingerprint density at radius 2 is 1.92 bits per heavy atom. The van der Waals surface area contributed by atoms with Crippen LogP contribution in [0.1, 0.15) is 0 Å². The molecule has 0 radical (unpaired) electrons. The van der Waals surface area contributed by atoms with Gasteiger partial charge in [-0.25, -0.2) is 14.5 Å². The van der Waals surface area contributed by atoms with Crippen molar-refractivity contribution in [2.24, 2.45) is 0 Å². The molecule has 0 aliphatic carbocycles. The summed E-state index contributed by atoms with van der Waals surface area (Å²) in [6.45, 7) is 0. The molecule has 2 N–H and O–H groups in total. The maximum atomic E-state index is 12.3. The Bertz CT molecular complexity index is 1160. The molecule has 0 atom stereocenters. The van der Waals surface area contributed by atoms with Crippen LogP contribution in [-0.4, -0.2) is 31.0 Å². The molecule has 128 valence electrons. The number of hydrogen-bond donors (Lipinski definition) is 2. The van der Waals surface area contributed by atoms with Crippen molar-refractivity contribution in [3.05, 3.63) is 71.3 Å². The number of nitrogens with zero attached hydrogens (tertiary/aromatic N) is 3. The topological polar surface area (TPSA) is 110 Å². The monoisotopic (exact) mass is 348 g/mol. The van der Waals surface area contributed by atoms with E-state index in [1.165, 1.54) is 17.1 Å². The van der Waals surface area contributed by atoms with Gasteiger partial charge < -0.3 is 9.84 Å². The fraction of sp³-hybridized carbons (Fsp3) is 0. The highest BCUT2D eigenvalue weighted by Gasteiger charge is 2.10. The summed E-state index contributed by atoms with van der Waals surface area (Å²) in [6.07, 6.45) is 1.09. The molecule has 0 spiro atoms. The van der Waals surface area contributed by atoms with Crippen molar-refractivity contribution in [3.8, 4) is 22.8 Å². The number of nitrogens with one attached hydrogen (secondary N) is 1. The van der Waals surface area contributed by atoms with E-state index >= 15 is 0 Å². The molecule has 0 saturated carbocycles. The van der Waals surface area contributed by atoms with E-state index in [2.05, 4.69) is 19.8 Å². The molecule has 26 heavy (non-hydrogen) atoms. The zero-order valence-corrected chi connectivity index (χ0v) is 13.3. The largest absolute Gasteiger partial charge is 0.511 e. The van der Waals surface area contributed by atoms with Crippen molar-refractivity contribution >= 4 is 17.1 Å². The molecule has 2 aromatic carbocycles. The Kier molecular flexibility index (Phi) is 3.70. The van der Waals surface area contributed by atoms with Gasteiger partial charge in [0.1, 0.15) is 0 Å². The second kappa shape index (κ2) is 6.17. The Morgan fingerprint density at radius 3 is 2.69 bits per heavy atom. The quantitative estimate of drug-likeness (QED) is 0.551. The number of hydrogen-bond acceptors (Lipinski definition) is 5. The third kappa shape index (κ3) is 2.91. The number of fused-ring (bicyclic) bond motifs is 1. The van der Waals surface area contributed by atoms with E-state index in [9.17, 15) is 9.59 Å². The van der Waals surface area contributed by atoms with E-state index in [-0.39, 0.29) is 17.3 Å². The van der Waals surface area contributed by atoms with Gasteiger partial charge in [-0.05, 0) is 23.3 Å². The van der Waals surface area contributed by atoms with Crippen molar-refractivity contribution in [1.82, 2.24) is 19.7 Å². The number of H-pyrrole nitrogens is 1. The molecule has 8 heteroatoms. The van der Waals surface area contributed by atoms with Crippen LogP contribution in [0.25, 0.3) is 28.0 Å². The van der Waals surface area contributed by atoms with Crippen LogP contribution in [0.4, 0.5) is 4.79 Å². The second-order valence-corrected chi connectivity index (χ2v) is 5.48. The lowest BCUT2D eigenvalue weighted by Crippen LogP contribution is -2.13. The van der Waals surface area contributed by atoms with Crippen LogP contribution in [0.5, 0.6) is 5.75 Å². The Balaban J connectivity index is 1.80. The molecule has 4 rings (SSSR count). The zero-order chi connectivity index (χ0) is 18.1. The average Bonchev–Trinajstić information content (AvgIpc) is 3.10. The summed E-state index contributed by atoms with van der Waals surface area (Å²) in [5.41, 5.74) is 2.12. The lowest BCUT2D eigenvalue weighted by molar-refractivity contribution is 0.144. The third-order valence-corrected chi connectivity index (χ3v) is 3.78. The molecule has 4 aromatic rings. The number of benzene rings is 2. The molecule has 0 aliphatic rings. The molecule has 0 fully saturated rings. The predicted octanol–water partition coefficient (Wildman–Crippen LogP) is 2.83. The molecule has 0 unspecified atom stereocenters. The van der Waals surface area contributed by atoms with Gasteiger partial charge in [-0.1, -0.05) is 36.4 Å². The van der Waals surface area contributed by atoms with Gasteiger partial charge in [-0.3, -0.25) is 9.78 Å². The predicted molar refractivity (Wildman–Crippen MR) is 93.6 cm³/mol. The number of carbonyl (C=O) groups is 1. The minimum absolute atomic E-state index is 0.0262. The van der Waals surface area contributed by atoms with E-state index in [4.69, 9.17) is 5.11 Å². The molecular formula is C18H12N4O4. The summed E-state index contributed by atoms with van der Waals surface area (Å²) in [7, 11) is 0. The highest BCUT2D eigenvalue weighted by Crippen LogP contribution is 2.22. The number of ether oxygens (including phenoxy) is 1. The van der Waals surface area contributed by atoms with Crippen molar-refractivity contribution in [1.29, 1.82) is 0 Å². The Labute approximate surface area is 146 Å². The molecule has 2 heterocycles. The minimum Gasteiger partial charge on any atom is -0.449 e. The number of carboxylic acid groups (broad SMARTS) is 1. The van der Waals surface area contributed by atoms with E-state index in [1.807, 2.05) is 42.5 Å². The van der Waals surface area contributed by atoms with Crippen LogP contribution in [0.15, 0.2) is 65.7 Å². The van der Waals surface area contributed by atoms with Crippen molar-refractivity contribution in [2.75, 3.05) is 0 Å². The van der Waals surface area contributed by atoms with Crippen LogP contribution >= 0.6 is 0 Å². The summed E-state index contributed by atoms with van der Waals surface area (Å²) in [6, 6.07) is 15.1. The van der Waals surface area contributed by atoms with Gasteiger partial charge in [0.25, 0.3) is 5.56 Å². The van der Waals surface area contributed by atoms with Crippen LogP contribution in [0.2, 0.25) is 0 Å². The van der Waals surface area contributed by atoms with Gasteiger partial charge in [0, 0.05) is 0 Å². The summed E-state index contributed by atoms with van der Waals surface area (Å²) in [4.78, 5) is 30.0. The smallest absolute Gasteiger partial charge is 0.449 e. The molecule has 0 bridgehead atoms. The molecular weight excluding hydrogens is 336 g/mol. The SMILES string of the molecule is O=C(O)Oc1cnn(-c2nc3cc(-c4ccccc4)ccc3c(=O)[nH]2)c1. The van der Waals surface area contributed by atoms with Crippen molar-refractivity contribution in [2.45, 2.75) is 0 Å². The van der Waals surface area contributed by atoms with Crippen molar-refractivity contribution in [3.63, 3.8) is 0 Å². The average molecular weight is 348 g/mol. The third-order valence-electron chi connectivity index (χ3n) is 3.78. The van der Waals surface area contributed by atoms with Crippen LogP contribution in [0, 0.1) is 0 Å². The fourth-order valence-corrected chi connectivity index (χ4v) is 2.62. The first-order chi connectivity index (χ1) is 12.6. The van der Waals surface area contributed by atoms with Crippen molar-refractivity contribution < 1.29 is 14.6 Å². The van der Waals surface area contributed by atoms with Gasteiger partial charge in [0.2, 0.25) is 5.95 Å². The zero-order valence-electron chi connectivity index (χ0n) is 13.3. The van der Waals surface area contributed by atoms with Gasteiger partial charge >= 0.3 is 6.16 Å². The Morgan fingerprint density at radius 1 is 1.12 bits per heavy atom. The highest BCUT2D eigenvalue weighted by molar-refractivity contribution is 5.83. The van der Waals surface area contributed by atoms with Crippen LogP contribution in [0.3, 0.4) is 0 Å². The molecule has 0 saturated heterocycles. The number of aromatic amines is 1. The van der Waals surface area contributed by atoms with E-state index < -0.39 is 6.16 Å². The first-order valence-electron chi connectivity index (χ1n) is 7.65. The summed E-state index contributed by atoms with van der Waals surface area (Å²) >= 11 is 0. The van der Waals surface area contributed by atoms with Gasteiger partial charge in [0.05, 0.1) is 23.3 Å². The van der Waals surface area contributed by atoms with Crippen LogP contribution in [-0.2, 0) is 0 Å². The summed E-state index contributed by atoms with van der Waals surface area (Å²) in [5.74, 6) is 0.186. The standard InChI is InChI=1S/C18H12N4O4/c23-16-14-7-6-12(11-4-2-1-3-5-11)8-15(14)20-17(21-16)22-10-13(9-19-22)26-18(24)25/h1-10H,(H,24,25)(H,20,21,23). The number of aromatic nitrogens is 4. The van der Waals surface area contributed by atoms with E-state index in [0.717, 1.165) is 11.1 Å². The molecule has 0 amide bonds. The van der Waals surface area contributed by atoms with Gasteiger partial charge in [-0.15, -0.1) is 0 Å². The highest BCUT2D eigenvalue weighted by atomic mass is 16.7. The first kappa shape index (κ1) is 15.6. The fourth-order valence-electron chi connectivity index (χ4n) is 2.62. The molecule has 0 aliphatic heterocycles.